The molecule has 0 atom stereocenters. The molecular formula is C43H27N3O. The molecule has 47 heavy (non-hydrogen) atoms. The highest BCUT2D eigenvalue weighted by molar-refractivity contribution is 6.12. The fourth-order valence-corrected chi connectivity index (χ4v) is 6.53. The van der Waals surface area contributed by atoms with E-state index in [-0.39, 0.29) is 0 Å². The Labute approximate surface area is 272 Å². The number of rotatable bonds is 5. The van der Waals surface area contributed by atoms with Crippen LogP contribution in [0.5, 0.6) is 11.5 Å². The first-order chi connectivity index (χ1) is 23.3. The average Bonchev–Trinajstić information content (AvgIpc) is 3.16. The summed E-state index contributed by atoms with van der Waals surface area (Å²) >= 11 is 0. The zero-order valence-corrected chi connectivity index (χ0v) is 25.3. The minimum absolute atomic E-state index is 0.639. The molecule has 0 amide bonds. The largest absolute Gasteiger partial charge is 0.456 e. The van der Waals surface area contributed by atoms with Crippen LogP contribution in [0.25, 0.3) is 78.3 Å². The van der Waals surface area contributed by atoms with Gasteiger partial charge >= 0.3 is 0 Å². The second kappa shape index (κ2) is 11.2. The summed E-state index contributed by atoms with van der Waals surface area (Å²) in [7, 11) is 0. The van der Waals surface area contributed by atoms with E-state index in [4.69, 9.17) is 19.7 Å². The van der Waals surface area contributed by atoms with Crippen LogP contribution < -0.4 is 4.74 Å². The van der Waals surface area contributed by atoms with Crippen molar-refractivity contribution in [2.75, 3.05) is 0 Å². The Kier molecular flexibility index (Phi) is 6.43. The third kappa shape index (κ3) is 4.75. The number of hydrogen-bond donors (Lipinski definition) is 0. The average molecular weight is 602 g/mol. The van der Waals surface area contributed by atoms with Crippen LogP contribution in [0.4, 0.5) is 0 Å². The van der Waals surface area contributed by atoms with Gasteiger partial charge in [0.1, 0.15) is 11.5 Å². The molecule has 1 aliphatic heterocycles. The van der Waals surface area contributed by atoms with Crippen molar-refractivity contribution in [1.29, 1.82) is 0 Å². The molecule has 0 aliphatic carbocycles. The van der Waals surface area contributed by atoms with E-state index in [2.05, 4.69) is 97.1 Å². The van der Waals surface area contributed by atoms with Gasteiger partial charge in [0.2, 0.25) is 0 Å². The van der Waals surface area contributed by atoms with Gasteiger partial charge in [-0.05, 0) is 45.3 Å². The maximum atomic E-state index is 6.55. The Morgan fingerprint density at radius 1 is 0.319 bits per heavy atom. The van der Waals surface area contributed by atoms with E-state index in [1.165, 1.54) is 11.1 Å². The van der Waals surface area contributed by atoms with Gasteiger partial charge < -0.3 is 4.74 Å². The van der Waals surface area contributed by atoms with Gasteiger partial charge in [-0.1, -0.05) is 152 Å². The summed E-state index contributed by atoms with van der Waals surface area (Å²) in [4.78, 5) is 14.7. The molecular weight excluding hydrogens is 574 g/mol. The topological polar surface area (TPSA) is 47.9 Å². The van der Waals surface area contributed by atoms with Crippen LogP contribution >= 0.6 is 0 Å². The highest BCUT2D eigenvalue weighted by Crippen LogP contribution is 2.51. The summed E-state index contributed by atoms with van der Waals surface area (Å²) in [5.74, 6) is 3.69. The predicted octanol–water partition coefficient (Wildman–Crippen LogP) is 11.1. The van der Waals surface area contributed by atoms with Gasteiger partial charge in [0, 0.05) is 27.6 Å². The summed E-state index contributed by atoms with van der Waals surface area (Å²) < 4.78 is 6.55. The van der Waals surface area contributed by atoms with E-state index >= 15 is 0 Å². The molecule has 220 valence electrons. The van der Waals surface area contributed by atoms with Gasteiger partial charge in [-0.25, -0.2) is 15.0 Å². The SMILES string of the molecule is c1ccc(-c2nc(-c3ccccc3)nc(-c3ccc(-c4ccc5c6c(cccc46)-c4c(cccc4-c4ccccc4)O5)cc3)n2)cc1. The molecule has 7 aromatic carbocycles. The van der Waals surface area contributed by atoms with E-state index < -0.39 is 0 Å². The van der Waals surface area contributed by atoms with Gasteiger partial charge in [0.15, 0.2) is 17.5 Å². The van der Waals surface area contributed by atoms with Crippen LogP contribution in [0.15, 0.2) is 164 Å². The molecule has 8 aromatic rings. The standard InChI is InChI=1S/C43H27N3O/c1-4-12-28(13-5-1)34-18-11-21-37-39(34)36-20-10-19-35-33(26-27-38(47-37)40(35)36)29-22-24-32(25-23-29)43-45-41(30-14-6-2-7-15-30)44-42(46-43)31-16-8-3-9-17-31/h1-27H. The van der Waals surface area contributed by atoms with Crippen molar-refractivity contribution in [3.05, 3.63) is 164 Å². The molecule has 0 radical (unpaired) electrons. The molecule has 1 aliphatic rings. The smallest absolute Gasteiger partial charge is 0.164 e. The molecule has 0 bridgehead atoms. The van der Waals surface area contributed by atoms with E-state index in [1.807, 2.05) is 66.7 Å². The van der Waals surface area contributed by atoms with Crippen LogP contribution in [0.1, 0.15) is 0 Å². The van der Waals surface area contributed by atoms with Gasteiger partial charge in [-0.2, -0.15) is 0 Å². The Morgan fingerprint density at radius 3 is 1.43 bits per heavy atom. The van der Waals surface area contributed by atoms with Crippen molar-refractivity contribution >= 4 is 10.8 Å². The lowest BCUT2D eigenvalue weighted by Gasteiger charge is -2.24. The molecule has 0 N–H and O–H groups in total. The molecule has 2 heterocycles. The number of aromatic nitrogens is 3. The van der Waals surface area contributed by atoms with Gasteiger partial charge in [-0.3, -0.25) is 0 Å². The zero-order valence-electron chi connectivity index (χ0n) is 25.3. The Morgan fingerprint density at radius 2 is 0.809 bits per heavy atom. The summed E-state index contributed by atoms with van der Waals surface area (Å²) in [5.41, 5.74) is 9.74. The van der Waals surface area contributed by atoms with Crippen LogP contribution in [-0.2, 0) is 0 Å². The highest BCUT2D eigenvalue weighted by atomic mass is 16.5. The lowest BCUT2D eigenvalue weighted by Crippen LogP contribution is -2.00. The number of nitrogens with zero attached hydrogens (tertiary/aromatic N) is 3. The third-order valence-corrected chi connectivity index (χ3v) is 8.76. The Balaban J connectivity index is 1.15. The summed E-state index contributed by atoms with van der Waals surface area (Å²) in [6, 6.07) is 56.2. The monoisotopic (exact) mass is 601 g/mol. The van der Waals surface area contributed by atoms with E-state index in [0.717, 1.165) is 61.2 Å². The summed E-state index contributed by atoms with van der Waals surface area (Å²) in [5, 5.41) is 2.28. The predicted molar refractivity (Wildman–Crippen MR) is 190 cm³/mol. The van der Waals surface area contributed by atoms with Gasteiger partial charge in [0.05, 0.1) is 0 Å². The Bertz CT molecular complexity index is 2350. The van der Waals surface area contributed by atoms with Crippen LogP contribution in [-0.4, -0.2) is 15.0 Å². The second-order valence-corrected chi connectivity index (χ2v) is 11.6. The Hall–Kier alpha value is -6.39. The normalized spacial score (nSPS) is 11.6. The summed E-state index contributed by atoms with van der Waals surface area (Å²) in [6.45, 7) is 0. The molecule has 4 nitrogen and oxygen atoms in total. The van der Waals surface area contributed by atoms with Crippen molar-refractivity contribution < 1.29 is 4.74 Å². The first-order valence-corrected chi connectivity index (χ1v) is 15.7. The van der Waals surface area contributed by atoms with E-state index in [0.29, 0.717) is 17.5 Å². The van der Waals surface area contributed by atoms with E-state index in [1.54, 1.807) is 0 Å². The van der Waals surface area contributed by atoms with Crippen molar-refractivity contribution in [3.63, 3.8) is 0 Å². The zero-order chi connectivity index (χ0) is 31.2. The first kappa shape index (κ1) is 27.0. The third-order valence-electron chi connectivity index (χ3n) is 8.76. The molecule has 0 fully saturated rings. The molecule has 0 saturated heterocycles. The minimum Gasteiger partial charge on any atom is -0.456 e. The van der Waals surface area contributed by atoms with Crippen molar-refractivity contribution in [3.8, 4) is 79.0 Å². The van der Waals surface area contributed by atoms with E-state index in [9.17, 15) is 0 Å². The van der Waals surface area contributed by atoms with Crippen LogP contribution in [0, 0.1) is 0 Å². The maximum absolute atomic E-state index is 6.55. The number of hydrogen-bond acceptors (Lipinski definition) is 4. The molecule has 0 spiro atoms. The van der Waals surface area contributed by atoms with Crippen LogP contribution in [0.2, 0.25) is 0 Å². The van der Waals surface area contributed by atoms with Crippen molar-refractivity contribution in [1.82, 2.24) is 15.0 Å². The second-order valence-electron chi connectivity index (χ2n) is 11.6. The summed E-state index contributed by atoms with van der Waals surface area (Å²) in [6.07, 6.45) is 0. The lowest BCUT2D eigenvalue weighted by atomic mass is 9.87. The molecule has 4 heteroatoms. The quantitative estimate of drug-likeness (QED) is 0.197. The molecule has 0 unspecified atom stereocenters. The fraction of sp³-hybridized carbons (Fsp3) is 0. The highest BCUT2D eigenvalue weighted by Gasteiger charge is 2.24. The maximum Gasteiger partial charge on any atom is 0.164 e. The number of ether oxygens (including phenoxy) is 1. The minimum atomic E-state index is 0.639. The lowest BCUT2D eigenvalue weighted by molar-refractivity contribution is 0.487. The number of benzene rings is 7. The first-order valence-electron chi connectivity index (χ1n) is 15.7. The molecule has 0 saturated carbocycles. The van der Waals surface area contributed by atoms with Gasteiger partial charge in [0.25, 0.3) is 0 Å². The number of fused-ring (bicyclic) bond motifs is 2. The van der Waals surface area contributed by atoms with Crippen molar-refractivity contribution in [2.45, 2.75) is 0 Å². The van der Waals surface area contributed by atoms with Crippen LogP contribution in [0.3, 0.4) is 0 Å². The molecule has 9 rings (SSSR count). The fourth-order valence-electron chi connectivity index (χ4n) is 6.53. The molecule has 1 aromatic heterocycles. The van der Waals surface area contributed by atoms with Gasteiger partial charge in [-0.15, -0.1) is 0 Å². The van der Waals surface area contributed by atoms with Crippen molar-refractivity contribution in [2.24, 2.45) is 0 Å².